The van der Waals surface area contributed by atoms with Gasteiger partial charge in [0, 0.05) is 17.7 Å². The lowest BCUT2D eigenvalue weighted by Crippen LogP contribution is -2.06. The Morgan fingerprint density at radius 1 is 1.43 bits per heavy atom. The molecule has 0 aliphatic carbocycles. The van der Waals surface area contributed by atoms with Gasteiger partial charge in [-0.25, -0.2) is 0 Å². The van der Waals surface area contributed by atoms with E-state index in [0.717, 1.165) is 17.8 Å². The zero-order chi connectivity index (χ0) is 17.0. The summed E-state index contributed by atoms with van der Waals surface area (Å²) in [5.74, 6) is 1.00. The maximum atomic E-state index is 12.3. The third-order valence-electron chi connectivity index (χ3n) is 3.40. The van der Waals surface area contributed by atoms with Crippen molar-refractivity contribution >= 4 is 23.5 Å². The smallest absolute Gasteiger partial charge is 0.185 e. The second-order valence-electron chi connectivity index (χ2n) is 5.80. The molecular formula is C18H21ClN2O2. The molecule has 0 saturated heterocycles. The van der Waals surface area contributed by atoms with Gasteiger partial charge in [-0.1, -0.05) is 37.6 Å². The highest BCUT2D eigenvalue weighted by atomic mass is 35.5. The molecule has 0 atom stereocenters. The number of rotatable bonds is 6. The largest absolute Gasteiger partial charge is 0.497 e. The van der Waals surface area contributed by atoms with Crippen LogP contribution in [0, 0.1) is 12.8 Å². The van der Waals surface area contributed by atoms with Gasteiger partial charge in [-0.3, -0.25) is 9.48 Å². The molecule has 23 heavy (non-hydrogen) atoms. The molecule has 2 aromatic rings. The lowest BCUT2D eigenvalue weighted by Gasteiger charge is -2.05. The van der Waals surface area contributed by atoms with E-state index in [-0.39, 0.29) is 5.78 Å². The van der Waals surface area contributed by atoms with E-state index in [1.165, 1.54) is 6.08 Å². The zero-order valence-corrected chi connectivity index (χ0v) is 14.6. The van der Waals surface area contributed by atoms with Crippen molar-refractivity contribution in [3.05, 3.63) is 52.3 Å². The van der Waals surface area contributed by atoms with Crippen molar-refractivity contribution in [2.75, 3.05) is 7.11 Å². The zero-order valence-electron chi connectivity index (χ0n) is 13.8. The summed E-state index contributed by atoms with van der Waals surface area (Å²) >= 11 is 6.37. The van der Waals surface area contributed by atoms with Crippen molar-refractivity contribution in [3.8, 4) is 5.75 Å². The fourth-order valence-corrected chi connectivity index (χ4v) is 2.56. The van der Waals surface area contributed by atoms with E-state index in [0.29, 0.717) is 22.4 Å². The SMILES string of the molecule is COc1cccc(C(=O)/C=C/c2c(C)nn(CC(C)C)c2Cl)c1. The summed E-state index contributed by atoms with van der Waals surface area (Å²) in [6.07, 6.45) is 3.24. The van der Waals surface area contributed by atoms with Crippen molar-refractivity contribution < 1.29 is 9.53 Å². The van der Waals surface area contributed by atoms with Gasteiger partial charge in [0.25, 0.3) is 0 Å². The molecule has 122 valence electrons. The molecule has 2 rings (SSSR count). The van der Waals surface area contributed by atoms with Crippen molar-refractivity contribution in [2.24, 2.45) is 5.92 Å². The molecule has 0 bridgehead atoms. The number of methoxy groups -OCH3 is 1. The van der Waals surface area contributed by atoms with Crippen LogP contribution in [-0.2, 0) is 6.54 Å². The van der Waals surface area contributed by atoms with Crippen LogP contribution in [-0.4, -0.2) is 22.7 Å². The molecule has 1 aromatic carbocycles. The van der Waals surface area contributed by atoms with Crippen LogP contribution in [0.5, 0.6) is 5.75 Å². The summed E-state index contributed by atoms with van der Waals surface area (Å²) in [4.78, 5) is 12.3. The number of ether oxygens (including phenoxy) is 1. The van der Waals surface area contributed by atoms with E-state index in [1.54, 1.807) is 42.1 Å². The van der Waals surface area contributed by atoms with Gasteiger partial charge in [0.1, 0.15) is 10.9 Å². The Hall–Kier alpha value is -2.07. The number of aromatic nitrogens is 2. The van der Waals surface area contributed by atoms with E-state index in [2.05, 4.69) is 18.9 Å². The number of hydrogen-bond acceptors (Lipinski definition) is 3. The molecule has 0 fully saturated rings. The number of allylic oxidation sites excluding steroid dienone is 1. The summed E-state index contributed by atoms with van der Waals surface area (Å²) < 4.78 is 6.91. The number of carbonyl (C=O) groups excluding carboxylic acids is 1. The number of halogens is 1. The van der Waals surface area contributed by atoms with Gasteiger partial charge in [0.2, 0.25) is 0 Å². The van der Waals surface area contributed by atoms with Crippen molar-refractivity contribution in [3.63, 3.8) is 0 Å². The topological polar surface area (TPSA) is 44.1 Å². The van der Waals surface area contributed by atoms with Crippen LogP contribution in [0.2, 0.25) is 5.15 Å². The summed E-state index contributed by atoms with van der Waals surface area (Å²) in [7, 11) is 1.58. The number of hydrogen-bond donors (Lipinski definition) is 0. The van der Waals surface area contributed by atoms with E-state index >= 15 is 0 Å². The molecule has 0 amide bonds. The summed E-state index contributed by atoms with van der Waals surface area (Å²) in [5, 5.41) is 4.99. The van der Waals surface area contributed by atoms with Crippen molar-refractivity contribution in [1.82, 2.24) is 9.78 Å². The molecule has 0 spiro atoms. The highest BCUT2D eigenvalue weighted by molar-refractivity contribution is 6.31. The number of nitrogens with zero attached hydrogens (tertiary/aromatic N) is 2. The quantitative estimate of drug-likeness (QED) is 0.581. The van der Waals surface area contributed by atoms with Gasteiger partial charge in [-0.05, 0) is 37.1 Å². The van der Waals surface area contributed by atoms with Crippen LogP contribution in [0.3, 0.4) is 0 Å². The molecule has 0 radical (unpaired) electrons. The number of ketones is 1. The van der Waals surface area contributed by atoms with Gasteiger partial charge in [0.05, 0.1) is 12.8 Å². The fraction of sp³-hybridized carbons (Fsp3) is 0.333. The minimum absolute atomic E-state index is 0.101. The van der Waals surface area contributed by atoms with Crippen LogP contribution < -0.4 is 4.74 Å². The first-order valence-corrected chi connectivity index (χ1v) is 7.89. The summed E-state index contributed by atoms with van der Waals surface area (Å²) in [6, 6.07) is 7.06. The second kappa shape index (κ2) is 7.47. The molecule has 0 saturated carbocycles. The van der Waals surface area contributed by atoms with Gasteiger partial charge < -0.3 is 4.74 Å². The highest BCUT2D eigenvalue weighted by Crippen LogP contribution is 2.23. The molecule has 0 unspecified atom stereocenters. The Kier molecular flexibility index (Phi) is 5.61. The van der Waals surface area contributed by atoms with E-state index in [4.69, 9.17) is 16.3 Å². The molecule has 5 heteroatoms. The average molecular weight is 333 g/mol. The first kappa shape index (κ1) is 17.3. The van der Waals surface area contributed by atoms with Crippen LogP contribution in [0.4, 0.5) is 0 Å². The Morgan fingerprint density at radius 2 is 2.17 bits per heavy atom. The predicted octanol–water partition coefficient (Wildman–Crippen LogP) is 4.41. The predicted molar refractivity (Wildman–Crippen MR) is 93.2 cm³/mol. The van der Waals surface area contributed by atoms with Crippen LogP contribution in [0.15, 0.2) is 30.3 Å². The maximum Gasteiger partial charge on any atom is 0.185 e. The van der Waals surface area contributed by atoms with Crippen LogP contribution in [0.1, 0.15) is 35.5 Å². The maximum absolute atomic E-state index is 12.3. The minimum Gasteiger partial charge on any atom is -0.497 e. The Bertz CT molecular complexity index is 733. The molecular weight excluding hydrogens is 312 g/mol. The lowest BCUT2D eigenvalue weighted by atomic mass is 10.1. The van der Waals surface area contributed by atoms with Crippen molar-refractivity contribution in [2.45, 2.75) is 27.3 Å². The molecule has 1 aromatic heterocycles. The van der Waals surface area contributed by atoms with Crippen molar-refractivity contribution in [1.29, 1.82) is 0 Å². The molecule has 4 nitrogen and oxygen atoms in total. The van der Waals surface area contributed by atoms with Crippen LogP contribution >= 0.6 is 11.6 Å². The van der Waals surface area contributed by atoms with Gasteiger partial charge in [-0.2, -0.15) is 5.10 Å². The van der Waals surface area contributed by atoms with Gasteiger partial charge in [0.15, 0.2) is 5.78 Å². The number of benzene rings is 1. The second-order valence-corrected chi connectivity index (χ2v) is 6.15. The first-order valence-electron chi connectivity index (χ1n) is 7.51. The third kappa shape index (κ3) is 4.23. The third-order valence-corrected chi connectivity index (χ3v) is 3.80. The standard InChI is InChI=1S/C18H21ClN2O2/c1-12(2)11-21-18(19)16(13(3)20-21)8-9-17(22)14-6-5-7-15(10-14)23-4/h5-10,12H,11H2,1-4H3/b9-8+. The fourth-order valence-electron chi connectivity index (χ4n) is 2.25. The average Bonchev–Trinajstić information content (AvgIpc) is 2.78. The highest BCUT2D eigenvalue weighted by Gasteiger charge is 2.12. The van der Waals surface area contributed by atoms with Gasteiger partial charge in [-0.15, -0.1) is 0 Å². The Labute approximate surface area is 141 Å². The number of carbonyl (C=O) groups is 1. The normalized spacial score (nSPS) is 11.4. The molecule has 0 aliphatic rings. The Balaban J connectivity index is 2.22. The molecule has 0 N–H and O–H groups in total. The lowest BCUT2D eigenvalue weighted by molar-refractivity contribution is 0.104. The molecule has 0 aliphatic heterocycles. The minimum atomic E-state index is -0.101. The number of aryl methyl sites for hydroxylation is 1. The van der Waals surface area contributed by atoms with E-state index < -0.39 is 0 Å². The van der Waals surface area contributed by atoms with E-state index in [1.807, 2.05) is 6.92 Å². The van der Waals surface area contributed by atoms with Crippen LogP contribution in [0.25, 0.3) is 6.08 Å². The van der Waals surface area contributed by atoms with E-state index in [9.17, 15) is 4.79 Å². The first-order chi connectivity index (χ1) is 10.9. The Morgan fingerprint density at radius 3 is 2.83 bits per heavy atom. The monoisotopic (exact) mass is 332 g/mol. The van der Waals surface area contributed by atoms with Gasteiger partial charge >= 0.3 is 0 Å². The summed E-state index contributed by atoms with van der Waals surface area (Å²) in [5.41, 5.74) is 2.16. The molecule has 1 heterocycles. The summed E-state index contributed by atoms with van der Waals surface area (Å²) in [6.45, 7) is 6.85.